The van der Waals surface area contributed by atoms with E-state index in [9.17, 15) is 9.59 Å². The summed E-state index contributed by atoms with van der Waals surface area (Å²) >= 11 is 0. The van der Waals surface area contributed by atoms with Crippen molar-refractivity contribution in [2.24, 2.45) is 0 Å². The van der Waals surface area contributed by atoms with E-state index >= 15 is 0 Å². The number of rotatable bonds is 8. The lowest BCUT2D eigenvalue weighted by molar-refractivity contribution is -0.00617. The molecule has 0 saturated carbocycles. The van der Waals surface area contributed by atoms with Crippen molar-refractivity contribution in [3.8, 4) is 5.75 Å². The average molecular weight is 499 g/mol. The maximum Gasteiger partial charge on any atom is 0.410 e. The lowest BCUT2D eigenvalue weighted by Crippen LogP contribution is -2.57. The Morgan fingerprint density at radius 2 is 1.81 bits per heavy atom. The molecule has 1 aliphatic heterocycles. The predicted octanol–water partition coefficient (Wildman–Crippen LogP) is 4.17. The van der Waals surface area contributed by atoms with Crippen LogP contribution in [0.25, 0.3) is 0 Å². The highest BCUT2D eigenvalue weighted by molar-refractivity contribution is 5.71. The minimum atomic E-state index is -0.610. The SMILES string of the molecule is CN(C)Cc1ncccc1OCC[C@@H]1CN(C(=O)OCc2ccccc2)CCN1C(=O)OC(C)(C)C. The molecular formula is C27H38N4O5. The van der Waals surface area contributed by atoms with Gasteiger partial charge in [-0.15, -0.1) is 0 Å². The smallest absolute Gasteiger partial charge is 0.410 e. The molecule has 0 spiro atoms. The van der Waals surface area contributed by atoms with Crippen molar-refractivity contribution >= 4 is 12.2 Å². The van der Waals surface area contributed by atoms with Crippen LogP contribution in [-0.4, -0.2) is 83.8 Å². The molecule has 9 heteroatoms. The van der Waals surface area contributed by atoms with Crippen LogP contribution in [0.4, 0.5) is 9.59 Å². The molecule has 0 aliphatic carbocycles. The zero-order valence-corrected chi connectivity index (χ0v) is 22.0. The van der Waals surface area contributed by atoms with Gasteiger partial charge in [0, 0.05) is 38.8 Å². The lowest BCUT2D eigenvalue weighted by atomic mass is 10.1. The number of hydrogen-bond acceptors (Lipinski definition) is 7. The summed E-state index contributed by atoms with van der Waals surface area (Å²) in [6.07, 6.45) is 1.49. The highest BCUT2D eigenvalue weighted by Gasteiger charge is 2.35. The van der Waals surface area contributed by atoms with Crippen LogP contribution in [0.5, 0.6) is 5.75 Å². The van der Waals surface area contributed by atoms with Crippen LogP contribution in [0, 0.1) is 0 Å². The second-order valence-corrected chi connectivity index (χ2v) is 10.1. The summed E-state index contributed by atoms with van der Waals surface area (Å²) in [6.45, 7) is 7.83. The van der Waals surface area contributed by atoms with Crippen molar-refractivity contribution in [3.05, 3.63) is 59.9 Å². The van der Waals surface area contributed by atoms with Crippen molar-refractivity contribution in [1.29, 1.82) is 0 Å². The number of nitrogens with zero attached hydrogens (tertiary/aromatic N) is 4. The third kappa shape index (κ3) is 8.41. The third-order valence-electron chi connectivity index (χ3n) is 5.60. The molecule has 2 aromatic rings. The Balaban J connectivity index is 1.64. The summed E-state index contributed by atoms with van der Waals surface area (Å²) in [5.41, 5.74) is 1.16. The molecule has 1 aromatic heterocycles. The summed E-state index contributed by atoms with van der Waals surface area (Å²) in [4.78, 5) is 35.5. The number of piperazine rings is 1. The fourth-order valence-electron chi connectivity index (χ4n) is 3.92. The van der Waals surface area contributed by atoms with Crippen LogP contribution in [0.2, 0.25) is 0 Å². The van der Waals surface area contributed by atoms with Gasteiger partial charge in [-0.3, -0.25) is 4.98 Å². The first-order valence-corrected chi connectivity index (χ1v) is 12.3. The number of amides is 2. The van der Waals surface area contributed by atoms with E-state index in [4.69, 9.17) is 14.2 Å². The van der Waals surface area contributed by atoms with Crippen LogP contribution in [0.15, 0.2) is 48.7 Å². The summed E-state index contributed by atoms with van der Waals surface area (Å²) < 4.78 is 17.2. The van der Waals surface area contributed by atoms with Crippen LogP contribution in [0.1, 0.15) is 38.4 Å². The number of carbonyl (C=O) groups excluding carboxylic acids is 2. The summed E-state index contributed by atoms with van der Waals surface area (Å²) in [7, 11) is 3.95. The van der Waals surface area contributed by atoms with Gasteiger partial charge in [0.05, 0.1) is 18.3 Å². The zero-order chi connectivity index (χ0) is 26.1. The van der Waals surface area contributed by atoms with Crippen LogP contribution < -0.4 is 4.74 Å². The van der Waals surface area contributed by atoms with E-state index in [-0.39, 0.29) is 18.7 Å². The highest BCUT2D eigenvalue weighted by atomic mass is 16.6. The van der Waals surface area contributed by atoms with Crippen molar-refractivity contribution in [2.45, 2.75) is 52.0 Å². The standard InChI is InChI=1S/C27H38N4O5/c1-27(2,3)36-26(33)31-16-15-30(25(32)35-20-21-10-7-6-8-11-21)18-22(31)13-17-34-24-12-9-14-28-23(24)19-29(4)5/h6-12,14,22H,13,15-20H2,1-5H3/t22-/m1/s1. The number of benzene rings is 1. The van der Waals surface area contributed by atoms with Gasteiger partial charge in [0.1, 0.15) is 18.0 Å². The van der Waals surface area contributed by atoms with Crippen molar-refractivity contribution in [1.82, 2.24) is 19.7 Å². The molecule has 1 aromatic carbocycles. The number of carbonyl (C=O) groups is 2. The maximum absolute atomic E-state index is 12.9. The average Bonchev–Trinajstić information content (AvgIpc) is 2.82. The molecule has 3 rings (SSSR count). The normalized spacial score (nSPS) is 16.1. The van der Waals surface area contributed by atoms with Gasteiger partial charge in [-0.1, -0.05) is 30.3 Å². The quantitative estimate of drug-likeness (QED) is 0.540. The minimum absolute atomic E-state index is 0.204. The Labute approximate surface area is 213 Å². The number of ether oxygens (including phenoxy) is 3. The van der Waals surface area contributed by atoms with Gasteiger partial charge in [0.15, 0.2) is 0 Å². The molecule has 1 saturated heterocycles. The van der Waals surface area contributed by atoms with Crippen LogP contribution in [-0.2, 0) is 22.6 Å². The first kappa shape index (κ1) is 27.3. The molecule has 0 N–H and O–H groups in total. The minimum Gasteiger partial charge on any atom is -0.492 e. The van der Waals surface area contributed by atoms with E-state index < -0.39 is 11.7 Å². The molecular weight excluding hydrogens is 460 g/mol. The van der Waals surface area contributed by atoms with E-state index in [2.05, 4.69) is 4.98 Å². The Kier molecular flexibility index (Phi) is 9.52. The van der Waals surface area contributed by atoms with E-state index in [1.54, 1.807) is 16.0 Å². The third-order valence-corrected chi connectivity index (χ3v) is 5.60. The molecule has 1 aliphatic rings. The molecule has 0 unspecified atom stereocenters. The molecule has 2 amide bonds. The van der Waals surface area contributed by atoms with Gasteiger partial charge in [-0.05, 0) is 52.6 Å². The molecule has 0 radical (unpaired) electrons. The van der Waals surface area contributed by atoms with Gasteiger partial charge in [0.25, 0.3) is 0 Å². The van der Waals surface area contributed by atoms with E-state index in [0.29, 0.717) is 45.0 Å². The molecule has 196 valence electrons. The lowest BCUT2D eigenvalue weighted by Gasteiger charge is -2.41. The Morgan fingerprint density at radius 1 is 1.06 bits per heavy atom. The highest BCUT2D eigenvalue weighted by Crippen LogP contribution is 2.21. The van der Waals surface area contributed by atoms with Crippen molar-refractivity contribution in [2.75, 3.05) is 40.3 Å². The first-order chi connectivity index (χ1) is 17.1. The van der Waals surface area contributed by atoms with Crippen LogP contribution >= 0.6 is 0 Å². The Hall–Kier alpha value is -3.33. The van der Waals surface area contributed by atoms with Gasteiger partial charge in [-0.25, -0.2) is 9.59 Å². The first-order valence-electron chi connectivity index (χ1n) is 12.3. The molecule has 1 fully saturated rings. The van der Waals surface area contributed by atoms with E-state index in [1.807, 2.05) is 82.2 Å². The topological polar surface area (TPSA) is 84.4 Å². The van der Waals surface area contributed by atoms with Gasteiger partial charge in [0.2, 0.25) is 0 Å². The summed E-state index contributed by atoms with van der Waals surface area (Å²) in [6, 6.07) is 13.0. The number of aromatic nitrogens is 1. The Morgan fingerprint density at radius 3 is 2.50 bits per heavy atom. The Bertz CT molecular complexity index is 993. The predicted molar refractivity (Wildman–Crippen MR) is 137 cm³/mol. The fourth-order valence-corrected chi connectivity index (χ4v) is 3.92. The van der Waals surface area contributed by atoms with Crippen molar-refractivity contribution in [3.63, 3.8) is 0 Å². The number of pyridine rings is 1. The molecule has 36 heavy (non-hydrogen) atoms. The zero-order valence-electron chi connectivity index (χ0n) is 22.0. The van der Waals surface area contributed by atoms with E-state index in [1.165, 1.54) is 0 Å². The fraction of sp³-hybridized carbons (Fsp3) is 0.519. The van der Waals surface area contributed by atoms with Gasteiger partial charge < -0.3 is 28.9 Å². The maximum atomic E-state index is 12.9. The second kappa shape index (κ2) is 12.6. The molecule has 9 nitrogen and oxygen atoms in total. The van der Waals surface area contributed by atoms with Gasteiger partial charge in [-0.2, -0.15) is 0 Å². The van der Waals surface area contributed by atoms with Crippen LogP contribution in [0.3, 0.4) is 0 Å². The van der Waals surface area contributed by atoms with Gasteiger partial charge >= 0.3 is 12.2 Å². The number of hydrogen-bond donors (Lipinski definition) is 0. The van der Waals surface area contributed by atoms with E-state index in [0.717, 1.165) is 11.3 Å². The monoisotopic (exact) mass is 498 g/mol. The largest absolute Gasteiger partial charge is 0.492 e. The molecule has 2 heterocycles. The molecule has 1 atom stereocenters. The summed E-state index contributed by atoms with van der Waals surface area (Å²) in [5.74, 6) is 0.713. The second-order valence-electron chi connectivity index (χ2n) is 10.1. The van der Waals surface area contributed by atoms with Crippen molar-refractivity contribution < 1.29 is 23.8 Å². The summed E-state index contributed by atoms with van der Waals surface area (Å²) in [5, 5.41) is 0. The molecule has 0 bridgehead atoms.